The summed E-state index contributed by atoms with van der Waals surface area (Å²) < 4.78 is 8.02. The summed E-state index contributed by atoms with van der Waals surface area (Å²) in [6, 6.07) is 10.7. The first-order chi connectivity index (χ1) is 15.8. The molecular formula is C27H29N3O2. The van der Waals surface area contributed by atoms with E-state index >= 15 is 0 Å². The highest BCUT2D eigenvalue weighted by Gasteiger charge is 2.25. The number of aromatic nitrogens is 2. The maximum Gasteiger partial charge on any atom is 0.225 e. The van der Waals surface area contributed by atoms with Gasteiger partial charge in [0.05, 0.1) is 6.20 Å². The van der Waals surface area contributed by atoms with Gasteiger partial charge in [0.15, 0.2) is 5.78 Å². The second kappa shape index (κ2) is 8.21. The van der Waals surface area contributed by atoms with Crippen LogP contribution < -0.4 is 0 Å². The summed E-state index contributed by atoms with van der Waals surface area (Å²) in [5, 5.41) is 2.45. The molecule has 0 bridgehead atoms. The highest BCUT2D eigenvalue weighted by Crippen LogP contribution is 2.38. The minimum atomic E-state index is 0.271. The average Bonchev–Trinajstić information content (AvgIpc) is 3.49. The van der Waals surface area contributed by atoms with Gasteiger partial charge in [0, 0.05) is 45.9 Å². The molecular weight excluding hydrogens is 398 g/mol. The fraction of sp³-hybridized carbons (Fsp3) is 0.407. The molecule has 4 aromatic rings. The number of hydrogen-bond donors (Lipinski definition) is 0. The first-order valence-electron chi connectivity index (χ1n) is 12.0. The summed E-state index contributed by atoms with van der Waals surface area (Å²) in [6.07, 6.45) is 11.3. The Hall–Kier alpha value is -2.92. The van der Waals surface area contributed by atoms with Crippen molar-refractivity contribution in [2.24, 2.45) is 0 Å². The lowest BCUT2D eigenvalue weighted by Gasteiger charge is -2.20. The molecule has 1 saturated heterocycles. The highest BCUT2D eigenvalue weighted by molar-refractivity contribution is 6.15. The Kier molecular flexibility index (Phi) is 5.07. The van der Waals surface area contributed by atoms with Gasteiger partial charge >= 0.3 is 0 Å². The van der Waals surface area contributed by atoms with E-state index in [0.717, 1.165) is 37.1 Å². The van der Waals surface area contributed by atoms with Crippen LogP contribution in [0.5, 0.6) is 0 Å². The lowest BCUT2D eigenvalue weighted by molar-refractivity contribution is 0.0994. The molecule has 2 aromatic heterocycles. The number of likely N-dealkylation sites (tertiary alicyclic amines) is 1. The van der Waals surface area contributed by atoms with Crippen molar-refractivity contribution in [3.63, 3.8) is 0 Å². The number of aryl methyl sites for hydroxylation is 2. The van der Waals surface area contributed by atoms with Crippen molar-refractivity contribution in [1.29, 1.82) is 0 Å². The van der Waals surface area contributed by atoms with E-state index in [0.29, 0.717) is 12.3 Å². The van der Waals surface area contributed by atoms with Crippen LogP contribution in [0.15, 0.2) is 47.2 Å². The molecule has 2 aromatic carbocycles. The van der Waals surface area contributed by atoms with E-state index in [1.54, 1.807) is 12.5 Å². The van der Waals surface area contributed by atoms with E-state index in [1.165, 1.54) is 66.1 Å². The van der Waals surface area contributed by atoms with E-state index in [-0.39, 0.29) is 5.78 Å². The Labute approximate surface area is 188 Å². The molecule has 1 aliphatic carbocycles. The van der Waals surface area contributed by atoms with Crippen LogP contribution >= 0.6 is 0 Å². The van der Waals surface area contributed by atoms with Crippen LogP contribution in [0.2, 0.25) is 0 Å². The maximum atomic E-state index is 12.4. The number of carbonyl (C=O) groups is 1. The van der Waals surface area contributed by atoms with E-state index < -0.39 is 0 Å². The molecule has 2 aliphatic rings. The first kappa shape index (κ1) is 19.7. The molecule has 0 radical (unpaired) electrons. The smallest absolute Gasteiger partial charge is 0.225 e. The number of carbonyl (C=O) groups excluding carboxylic acids is 1. The molecule has 3 heterocycles. The quantitative estimate of drug-likeness (QED) is 0.401. The van der Waals surface area contributed by atoms with Crippen molar-refractivity contribution >= 4 is 27.6 Å². The minimum absolute atomic E-state index is 0.271. The Balaban J connectivity index is 1.42. The van der Waals surface area contributed by atoms with Gasteiger partial charge in [-0.2, -0.15) is 0 Å². The van der Waals surface area contributed by atoms with Crippen LogP contribution in [0.25, 0.3) is 33.3 Å². The largest absolute Gasteiger partial charge is 0.445 e. The number of benzene rings is 2. The zero-order chi connectivity index (χ0) is 21.5. The number of nitrogens with zero attached hydrogens (tertiary/aromatic N) is 3. The predicted octanol–water partition coefficient (Wildman–Crippen LogP) is 5.84. The summed E-state index contributed by atoms with van der Waals surface area (Å²) in [5.74, 6) is 0.908. The number of fused-ring (bicyclic) bond motifs is 5. The number of oxazole rings is 1. The van der Waals surface area contributed by atoms with Crippen molar-refractivity contribution in [3.8, 4) is 11.5 Å². The van der Waals surface area contributed by atoms with E-state index in [2.05, 4.69) is 38.7 Å². The van der Waals surface area contributed by atoms with E-state index in [1.807, 2.05) is 6.07 Å². The third-order valence-electron chi connectivity index (χ3n) is 7.27. The van der Waals surface area contributed by atoms with Gasteiger partial charge in [0.2, 0.25) is 5.89 Å². The van der Waals surface area contributed by atoms with Gasteiger partial charge in [-0.15, -0.1) is 0 Å². The van der Waals surface area contributed by atoms with Gasteiger partial charge in [0.25, 0.3) is 0 Å². The van der Waals surface area contributed by atoms with Crippen molar-refractivity contribution < 1.29 is 9.21 Å². The molecule has 0 unspecified atom stereocenters. The normalized spacial score (nSPS) is 17.3. The monoisotopic (exact) mass is 427 g/mol. The van der Waals surface area contributed by atoms with Gasteiger partial charge in [-0.3, -0.25) is 4.79 Å². The number of ketones is 1. The number of Topliss-reactive ketones (excluding diaryl/α,β-unsaturated/α-hetero) is 1. The van der Waals surface area contributed by atoms with Crippen LogP contribution in [-0.4, -0.2) is 39.9 Å². The van der Waals surface area contributed by atoms with E-state index in [4.69, 9.17) is 4.42 Å². The van der Waals surface area contributed by atoms with Crippen LogP contribution in [0, 0.1) is 0 Å². The van der Waals surface area contributed by atoms with Crippen LogP contribution in [0.4, 0.5) is 0 Å². The van der Waals surface area contributed by atoms with Crippen molar-refractivity contribution in [3.05, 3.63) is 53.9 Å². The lowest BCUT2D eigenvalue weighted by Crippen LogP contribution is -2.26. The second-order valence-electron chi connectivity index (χ2n) is 9.24. The molecule has 5 heteroatoms. The van der Waals surface area contributed by atoms with Gasteiger partial charge in [-0.05, 0) is 81.2 Å². The van der Waals surface area contributed by atoms with Gasteiger partial charge in [-0.25, -0.2) is 4.98 Å². The summed E-state index contributed by atoms with van der Waals surface area (Å²) in [6.45, 7) is 4.62. The Morgan fingerprint density at radius 3 is 2.59 bits per heavy atom. The fourth-order valence-electron chi connectivity index (χ4n) is 5.71. The maximum absolute atomic E-state index is 12.4. The second-order valence-corrected chi connectivity index (χ2v) is 9.24. The van der Waals surface area contributed by atoms with Crippen LogP contribution in [-0.2, 0) is 13.0 Å². The standard InChI is InChI=1S/C27H29N3O2/c31-25-11-8-21-20(25)7-10-24-26(21)22-18-19(27-28-12-17-32-27)6-9-23(22)30(24)16-5-15-29-13-3-1-2-4-14-29/h6-7,9-10,12,17-18H,1-5,8,11,13-16H2. The molecule has 0 spiro atoms. The summed E-state index contributed by atoms with van der Waals surface area (Å²) >= 11 is 0. The fourth-order valence-corrected chi connectivity index (χ4v) is 5.71. The Bertz CT molecular complexity index is 1280. The Morgan fingerprint density at radius 2 is 1.78 bits per heavy atom. The Morgan fingerprint density at radius 1 is 0.938 bits per heavy atom. The number of rotatable bonds is 5. The molecule has 0 saturated carbocycles. The molecule has 1 aliphatic heterocycles. The molecule has 6 rings (SSSR count). The van der Waals surface area contributed by atoms with Gasteiger partial charge in [0.1, 0.15) is 6.26 Å². The van der Waals surface area contributed by atoms with Crippen LogP contribution in [0.1, 0.15) is 54.4 Å². The summed E-state index contributed by atoms with van der Waals surface area (Å²) in [4.78, 5) is 19.4. The third-order valence-corrected chi connectivity index (χ3v) is 7.27. The number of hydrogen-bond acceptors (Lipinski definition) is 4. The zero-order valence-electron chi connectivity index (χ0n) is 18.5. The molecule has 32 heavy (non-hydrogen) atoms. The van der Waals surface area contributed by atoms with E-state index in [9.17, 15) is 4.79 Å². The molecule has 5 nitrogen and oxygen atoms in total. The van der Waals surface area contributed by atoms with Crippen molar-refractivity contribution in [2.45, 2.75) is 51.5 Å². The first-order valence-corrected chi connectivity index (χ1v) is 12.0. The molecule has 0 amide bonds. The zero-order valence-corrected chi connectivity index (χ0v) is 18.5. The topological polar surface area (TPSA) is 51.3 Å². The third kappa shape index (κ3) is 3.36. The molecule has 0 N–H and O–H groups in total. The lowest BCUT2D eigenvalue weighted by atomic mass is 10.0. The average molecular weight is 428 g/mol. The minimum Gasteiger partial charge on any atom is -0.445 e. The van der Waals surface area contributed by atoms with Crippen molar-refractivity contribution in [2.75, 3.05) is 19.6 Å². The SMILES string of the molecule is O=C1CCc2c1ccc1c2c2cc(-c3ncco3)ccc2n1CCCN1CCCCCC1. The van der Waals surface area contributed by atoms with Crippen LogP contribution in [0.3, 0.4) is 0 Å². The van der Waals surface area contributed by atoms with Crippen molar-refractivity contribution in [1.82, 2.24) is 14.5 Å². The van der Waals surface area contributed by atoms with Gasteiger partial charge < -0.3 is 13.9 Å². The predicted molar refractivity (Wildman–Crippen MR) is 127 cm³/mol. The molecule has 1 fully saturated rings. The summed E-state index contributed by atoms with van der Waals surface area (Å²) in [7, 11) is 0. The summed E-state index contributed by atoms with van der Waals surface area (Å²) in [5.41, 5.74) is 5.58. The molecule has 0 atom stereocenters. The molecule has 164 valence electrons. The van der Waals surface area contributed by atoms with Gasteiger partial charge in [-0.1, -0.05) is 12.8 Å². The highest BCUT2D eigenvalue weighted by atomic mass is 16.3.